The Morgan fingerprint density at radius 1 is 0.839 bits per heavy atom. The van der Waals surface area contributed by atoms with E-state index in [4.69, 9.17) is 0 Å². The van der Waals surface area contributed by atoms with Crippen molar-refractivity contribution in [3.63, 3.8) is 0 Å². The highest BCUT2D eigenvalue weighted by Gasteiger charge is 2.16. The highest BCUT2D eigenvalue weighted by Crippen LogP contribution is 2.32. The number of oxime groups is 1. The molecule has 5 rings (SSSR count). The van der Waals surface area contributed by atoms with Crippen molar-refractivity contribution >= 4 is 44.1 Å². The molecule has 1 N–H and O–H groups in total. The fraction of sp³-hybridized carbons (Fsp3) is 0.111. The molecule has 4 nitrogen and oxygen atoms in total. The molecule has 0 radical (unpaired) electrons. The van der Waals surface area contributed by atoms with E-state index in [2.05, 4.69) is 22.7 Å². The number of nitrogens with zero attached hydrogens (tertiary/aromatic N) is 2. The third-order valence-electron chi connectivity index (χ3n) is 6.05. The summed E-state index contributed by atoms with van der Waals surface area (Å²) in [4.78, 5) is 13.5. The van der Waals surface area contributed by atoms with E-state index in [1.165, 1.54) is 0 Å². The molecular weight excluding hydrogens is 384 g/mol. The average molecular weight is 406 g/mol. The van der Waals surface area contributed by atoms with E-state index in [1.54, 1.807) is 6.92 Å². The van der Waals surface area contributed by atoms with Gasteiger partial charge in [0.25, 0.3) is 0 Å². The van der Waals surface area contributed by atoms with Gasteiger partial charge in [-0.1, -0.05) is 53.7 Å². The molecule has 0 amide bonds. The molecule has 0 unspecified atom stereocenters. The Balaban J connectivity index is 1.73. The van der Waals surface area contributed by atoms with Gasteiger partial charge in [-0.15, -0.1) is 0 Å². The summed E-state index contributed by atoms with van der Waals surface area (Å²) >= 11 is 0. The highest BCUT2D eigenvalue weighted by molar-refractivity contribution is 6.19. The Morgan fingerprint density at radius 3 is 2.19 bits per heavy atom. The molecule has 4 aromatic carbocycles. The minimum atomic E-state index is 0.0142. The number of benzene rings is 4. The van der Waals surface area contributed by atoms with Gasteiger partial charge in [-0.25, -0.2) is 0 Å². The standard InChI is InChI=1S/C27H22N2O2/c1-3-29-25-13-11-19(17(2)28-31)15-23(25)24-16-20(12-14-26(24)29)27(30)22-10-6-8-18-7-4-5-9-21(18)22/h4-16,31H,3H2,1-2H3/b28-17+. The van der Waals surface area contributed by atoms with E-state index in [1.807, 2.05) is 72.8 Å². The van der Waals surface area contributed by atoms with E-state index in [-0.39, 0.29) is 5.78 Å². The van der Waals surface area contributed by atoms with Crippen LogP contribution >= 0.6 is 0 Å². The molecular formula is C27H22N2O2. The minimum absolute atomic E-state index is 0.0142. The summed E-state index contributed by atoms with van der Waals surface area (Å²) < 4.78 is 2.24. The molecule has 0 fully saturated rings. The first-order valence-corrected chi connectivity index (χ1v) is 10.4. The maximum absolute atomic E-state index is 13.5. The van der Waals surface area contributed by atoms with Crippen LogP contribution in [-0.4, -0.2) is 21.3 Å². The van der Waals surface area contributed by atoms with Gasteiger partial charge >= 0.3 is 0 Å². The lowest BCUT2D eigenvalue weighted by Crippen LogP contribution is -2.02. The first-order valence-electron chi connectivity index (χ1n) is 10.4. The summed E-state index contributed by atoms with van der Waals surface area (Å²) in [7, 11) is 0. The van der Waals surface area contributed by atoms with Crippen molar-refractivity contribution < 1.29 is 10.0 Å². The molecule has 0 spiro atoms. The van der Waals surface area contributed by atoms with Crippen molar-refractivity contribution in [3.8, 4) is 0 Å². The Morgan fingerprint density at radius 2 is 1.48 bits per heavy atom. The third-order valence-corrected chi connectivity index (χ3v) is 6.05. The van der Waals surface area contributed by atoms with Gasteiger partial charge in [0.15, 0.2) is 5.78 Å². The second-order valence-corrected chi connectivity index (χ2v) is 7.75. The van der Waals surface area contributed by atoms with E-state index in [0.29, 0.717) is 16.8 Å². The maximum Gasteiger partial charge on any atom is 0.193 e. The lowest BCUT2D eigenvalue weighted by atomic mass is 9.96. The number of carbonyl (C=O) groups excluding carboxylic acids is 1. The number of aromatic nitrogens is 1. The van der Waals surface area contributed by atoms with Gasteiger partial charge < -0.3 is 9.77 Å². The summed E-state index contributed by atoms with van der Waals surface area (Å²) in [6.45, 7) is 4.71. The second-order valence-electron chi connectivity index (χ2n) is 7.75. The molecule has 0 bridgehead atoms. The first kappa shape index (κ1) is 19.1. The van der Waals surface area contributed by atoms with Crippen molar-refractivity contribution in [1.82, 2.24) is 4.57 Å². The van der Waals surface area contributed by atoms with Gasteiger partial charge in [-0.3, -0.25) is 4.79 Å². The van der Waals surface area contributed by atoms with Crippen LogP contribution in [0.3, 0.4) is 0 Å². The number of rotatable bonds is 4. The Hall–Kier alpha value is -3.92. The SMILES string of the molecule is CCn1c2ccc(C(=O)c3cccc4ccccc34)cc2c2cc(/C(C)=N/O)ccc21. The van der Waals surface area contributed by atoms with Gasteiger partial charge in [0.2, 0.25) is 0 Å². The zero-order chi connectivity index (χ0) is 21.5. The van der Waals surface area contributed by atoms with Crippen LogP contribution in [0.5, 0.6) is 0 Å². The predicted molar refractivity (Wildman–Crippen MR) is 126 cm³/mol. The van der Waals surface area contributed by atoms with Gasteiger partial charge in [0.1, 0.15) is 0 Å². The number of hydrogen-bond acceptors (Lipinski definition) is 3. The highest BCUT2D eigenvalue weighted by atomic mass is 16.4. The molecule has 0 saturated heterocycles. The van der Waals surface area contributed by atoms with Crippen LogP contribution in [0.1, 0.15) is 35.3 Å². The zero-order valence-electron chi connectivity index (χ0n) is 17.5. The van der Waals surface area contributed by atoms with Crippen molar-refractivity contribution in [2.24, 2.45) is 5.16 Å². The molecule has 0 aliphatic carbocycles. The summed E-state index contributed by atoms with van der Waals surface area (Å²) in [6, 6.07) is 25.8. The van der Waals surface area contributed by atoms with Gasteiger partial charge in [-0.2, -0.15) is 0 Å². The summed E-state index contributed by atoms with van der Waals surface area (Å²) in [5, 5.41) is 16.6. The van der Waals surface area contributed by atoms with E-state index in [0.717, 1.165) is 44.7 Å². The van der Waals surface area contributed by atoms with Crippen LogP contribution in [0.4, 0.5) is 0 Å². The third kappa shape index (κ3) is 2.99. The van der Waals surface area contributed by atoms with Crippen LogP contribution in [0.2, 0.25) is 0 Å². The van der Waals surface area contributed by atoms with Crippen LogP contribution in [-0.2, 0) is 6.54 Å². The topological polar surface area (TPSA) is 54.6 Å². The zero-order valence-corrected chi connectivity index (χ0v) is 17.5. The number of fused-ring (bicyclic) bond motifs is 4. The Labute approximate surface area is 180 Å². The largest absolute Gasteiger partial charge is 0.411 e. The molecule has 1 heterocycles. The van der Waals surface area contributed by atoms with Crippen molar-refractivity contribution in [3.05, 3.63) is 95.6 Å². The van der Waals surface area contributed by atoms with E-state index < -0.39 is 0 Å². The lowest BCUT2D eigenvalue weighted by Gasteiger charge is -2.07. The van der Waals surface area contributed by atoms with Crippen molar-refractivity contribution in [1.29, 1.82) is 0 Å². The number of aryl methyl sites for hydroxylation is 1. The van der Waals surface area contributed by atoms with Crippen molar-refractivity contribution in [2.75, 3.05) is 0 Å². The minimum Gasteiger partial charge on any atom is -0.411 e. The number of hydrogen-bond donors (Lipinski definition) is 1. The summed E-state index contributed by atoms with van der Waals surface area (Å²) in [5.41, 5.74) is 4.97. The number of carbonyl (C=O) groups is 1. The van der Waals surface area contributed by atoms with Crippen LogP contribution < -0.4 is 0 Å². The monoisotopic (exact) mass is 406 g/mol. The fourth-order valence-corrected chi connectivity index (χ4v) is 4.45. The normalized spacial score (nSPS) is 12.1. The molecule has 31 heavy (non-hydrogen) atoms. The quantitative estimate of drug-likeness (QED) is 0.163. The smallest absolute Gasteiger partial charge is 0.193 e. The predicted octanol–water partition coefficient (Wildman–Crippen LogP) is 6.40. The average Bonchev–Trinajstić information content (AvgIpc) is 3.14. The molecule has 0 atom stereocenters. The van der Waals surface area contributed by atoms with Crippen LogP contribution in [0.15, 0.2) is 84.0 Å². The molecule has 152 valence electrons. The van der Waals surface area contributed by atoms with E-state index in [9.17, 15) is 10.0 Å². The fourth-order valence-electron chi connectivity index (χ4n) is 4.45. The number of ketones is 1. The lowest BCUT2D eigenvalue weighted by molar-refractivity contribution is 0.104. The van der Waals surface area contributed by atoms with E-state index >= 15 is 0 Å². The second kappa shape index (κ2) is 7.40. The molecule has 0 aliphatic heterocycles. The van der Waals surface area contributed by atoms with Crippen molar-refractivity contribution in [2.45, 2.75) is 20.4 Å². The molecule has 0 aliphatic rings. The van der Waals surface area contributed by atoms with Gasteiger partial charge in [0, 0.05) is 39.5 Å². The van der Waals surface area contributed by atoms with Gasteiger partial charge in [0.05, 0.1) is 5.71 Å². The van der Waals surface area contributed by atoms with Gasteiger partial charge in [-0.05, 0) is 60.5 Å². The first-order chi connectivity index (χ1) is 15.1. The molecule has 0 saturated carbocycles. The molecule has 5 aromatic rings. The maximum atomic E-state index is 13.5. The summed E-state index contributed by atoms with van der Waals surface area (Å²) in [5.74, 6) is 0.0142. The Bertz CT molecular complexity index is 1500. The molecule has 4 heteroatoms. The Kier molecular flexibility index (Phi) is 4.55. The summed E-state index contributed by atoms with van der Waals surface area (Å²) in [6.07, 6.45) is 0. The molecule has 1 aromatic heterocycles. The van der Waals surface area contributed by atoms with Crippen LogP contribution in [0, 0.1) is 0 Å². The van der Waals surface area contributed by atoms with Crippen LogP contribution in [0.25, 0.3) is 32.6 Å².